The molecule has 244 valence electrons. The highest BCUT2D eigenvalue weighted by Crippen LogP contribution is 2.25. The van der Waals surface area contributed by atoms with Crippen LogP contribution < -0.4 is 9.47 Å². The molecule has 0 bridgehead atoms. The average molecular weight is 641 g/mol. The molecule has 0 aliphatic heterocycles. The van der Waals surface area contributed by atoms with E-state index in [-0.39, 0.29) is 33.8 Å². The van der Waals surface area contributed by atoms with Crippen LogP contribution in [0.1, 0.15) is 50.7 Å². The van der Waals surface area contributed by atoms with Crippen LogP contribution in [0, 0.1) is 11.6 Å². The molecule has 0 unspecified atom stereocenters. The van der Waals surface area contributed by atoms with Gasteiger partial charge in [0.25, 0.3) is 0 Å². The first-order chi connectivity index (χ1) is 21.9. The van der Waals surface area contributed by atoms with E-state index in [1.807, 2.05) is 0 Å². The van der Waals surface area contributed by atoms with Gasteiger partial charge in [0.15, 0.2) is 0 Å². The highest BCUT2D eigenvalue weighted by molar-refractivity contribution is 5.88. The third-order valence-electron chi connectivity index (χ3n) is 6.46. The van der Waals surface area contributed by atoms with Crippen LogP contribution in [0.4, 0.5) is 8.78 Å². The SMILES string of the molecule is C=C(C)C(=O)OCOc1ccc(/C=C\C(=O)OC2CCC(OC(=O)/C=C\c3ccc(OCOC(=O)C(=C)C)cc3F)CC2)c(F)c1. The predicted octanol–water partition coefficient (Wildman–Crippen LogP) is 6.00. The van der Waals surface area contributed by atoms with Crippen molar-refractivity contribution in [2.24, 2.45) is 0 Å². The summed E-state index contributed by atoms with van der Waals surface area (Å²) in [7, 11) is 0. The van der Waals surface area contributed by atoms with Gasteiger partial charge < -0.3 is 28.4 Å². The Kier molecular flexibility index (Phi) is 13.2. The zero-order valence-electron chi connectivity index (χ0n) is 25.4. The molecule has 0 aromatic heterocycles. The second-order valence-corrected chi connectivity index (χ2v) is 10.3. The summed E-state index contributed by atoms with van der Waals surface area (Å²) in [5.74, 6) is -3.61. The van der Waals surface area contributed by atoms with Crippen molar-refractivity contribution in [2.45, 2.75) is 51.7 Å². The van der Waals surface area contributed by atoms with E-state index in [0.29, 0.717) is 25.7 Å². The van der Waals surface area contributed by atoms with Gasteiger partial charge in [0.2, 0.25) is 13.6 Å². The van der Waals surface area contributed by atoms with Gasteiger partial charge in [0.05, 0.1) is 0 Å². The van der Waals surface area contributed by atoms with Crippen molar-refractivity contribution < 1.29 is 56.4 Å². The largest absolute Gasteiger partial charge is 0.459 e. The lowest BCUT2D eigenvalue weighted by Crippen LogP contribution is -2.29. The number of rotatable bonds is 14. The molecule has 0 radical (unpaired) electrons. The molecule has 0 heterocycles. The van der Waals surface area contributed by atoms with Crippen LogP contribution in [0.3, 0.4) is 0 Å². The summed E-state index contributed by atoms with van der Waals surface area (Å²) in [6.45, 7) is 9.04. The summed E-state index contributed by atoms with van der Waals surface area (Å²) in [5.41, 5.74) is 0.656. The molecule has 12 heteroatoms. The maximum atomic E-state index is 14.4. The third-order valence-corrected chi connectivity index (χ3v) is 6.46. The van der Waals surface area contributed by atoms with E-state index in [1.165, 1.54) is 50.3 Å². The van der Waals surface area contributed by atoms with Crippen molar-refractivity contribution in [3.63, 3.8) is 0 Å². The summed E-state index contributed by atoms with van der Waals surface area (Å²) in [5, 5.41) is 0. The van der Waals surface area contributed by atoms with Crippen LogP contribution in [0.25, 0.3) is 12.2 Å². The molecule has 0 N–H and O–H groups in total. The van der Waals surface area contributed by atoms with Gasteiger partial charge in [-0.2, -0.15) is 0 Å². The third kappa shape index (κ3) is 11.7. The van der Waals surface area contributed by atoms with Crippen molar-refractivity contribution in [3.8, 4) is 11.5 Å². The Morgan fingerprint density at radius 2 is 1.07 bits per heavy atom. The fourth-order valence-corrected chi connectivity index (χ4v) is 4.00. The maximum Gasteiger partial charge on any atom is 0.335 e. The molecule has 1 fully saturated rings. The minimum atomic E-state index is -0.656. The van der Waals surface area contributed by atoms with Crippen LogP contribution in [0.2, 0.25) is 0 Å². The van der Waals surface area contributed by atoms with Gasteiger partial charge in [-0.3, -0.25) is 0 Å². The van der Waals surface area contributed by atoms with Crippen molar-refractivity contribution in [3.05, 3.63) is 95.6 Å². The summed E-state index contributed by atoms with van der Waals surface area (Å²) in [4.78, 5) is 47.3. The molecular weight excluding hydrogens is 606 g/mol. The molecule has 1 aliphatic carbocycles. The summed E-state index contributed by atoms with van der Waals surface area (Å²) in [6.07, 6.45) is 5.78. The Morgan fingerprint density at radius 3 is 1.39 bits per heavy atom. The summed E-state index contributed by atoms with van der Waals surface area (Å²) in [6, 6.07) is 7.89. The van der Waals surface area contributed by atoms with E-state index in [4.69, 9.17) is 28.4 Å². The molecule has 3 rings (SSSR count). The van der Waals surface area contributed by atoms with Crippen LogP contribution >= 0.6 is 0 Å². The lowest BCUT2D eigenvalue weighted by Gasteiger charge is -2.27. The Labute approximate surface area is 264 Å². The second-order valence-electron chi connectivity index (χ2n) is 10.3. The fraction of sp³-hybridized carbons (Fsp3) is 0.294. The Morgan fingerprint density at radius 1 is 0.696 bits per heavy atom. The lowest BCUT2D eigenvalue weighted by atomic mass is 9.95. The molecule has 1 saturated carbocycles. The molecule has 1 aliphatic rings. The van der Waals surface area contributed by atoms with Gasteiger partial charge in [-0.1, -0.05) is 13.2 Å². The van der Waals surface area contributed by atoms with E-state index in [1.54, 1.807) is 0 Å². The van der Waals surface area contributed by atoms with Gasteiger partial charge >= 0.3 is 23.9 Å². The number of carbonyl (C=O) groups excluding carboxylic acids is 4. The van der Waals surface area contributed by atoms with Gasteiger partial charge in [-0.15, -0.1) is 0 Å². The molecular formula is C34H34F2O10. The molecule has 2 aromatic carbocycles. The van der Waals surface area contributed by atoms with Gasteiger partial charge in [0, 0.05) is 46.6 Å². The zero-order valence-corrected chi connectivity index (χ0v) is 25.4. The molecule has 10 nitrogen and oxygen atoms in total. The number of carbonyl (C=O) groups is 4. The number of halogens is 2. The van der Waals surface area contributed by atoms with Crippen LogP contribution in [-0.4, -0.2) is 49.7 Å². The minimum Gasteiger partial charge on any atom is -0.459 e. The van der Waals surface area contributed by atoms with E-state index >= 15 is 0 Å². The Balaban J connectivity index is 1.38. The number of hydrogen-bond donors (Lipinski definition) is 0. The highest BCUT2D eigenvalue weighted by atomic mass is 19.1. The fourth-order valence-electron chi connectivity index (χ4n) is 4.00. The Bertz CT molecular complexity index is 1410. The minimum absolute atomic E-state index is 0.123. The summed E-state index contributed by atoms with van der Waals surface area (Å²) < 4.78 is 59.6. The number of ether oxygens (including phenoxy) is 6. The molecule has 2 aromatic rings. The van der Waals surface area contributed by atoms with E-state index in [9.17, 15) is 28.0 Å². The van der Waals surface area contributed by atoms with Crippen LogP contribution in [0.15, 0.2) is 72.9 Å². The highest BCUT2D eigenvalue weighted by Gasteiger charge is 2.25. The van der Waals surface area contributed by atoms with Crippen molar-refractivity contribution in [2.75, 3.05) is 13.6 Å². The van der Waals surface area contributed by atoms with Gasteiger partial charge in [-0.05, 0) is 75.9 Å². The van der Waals surface area contributed by atoms with Crippen LogP contribution in [0.5, 0.6) is 11.5 Å². The zero-order chi connectivity index (χ0) is 33.6. The number of hydrogen-bond acceptors (Lipinski definition) is 10. The lowest BCUT2D eigenvalue weighted by molar-refractivity contribution is -0.151. The molecule has 0 spiro atoms. The first-order valence-corrected chi connectivity index (χ1v) is 14.2. The average Bonchev–Trinajstić information content (AvgIpc) is 3.01. The van der Waals surface area contributed by atoms with E-state index in [2.05, 4.69) is 13.2 Å². The van der Waals surface area contributed by atoms with E-state index < -0.39 is 61.3 Å². The smallest absolute Gasteiger partial charge is 0.335 e. The standard InChI is InChI=1S/C34H34F2O10/c1-21(2)33(39)43-19-41-27-9-5-23(29(35)17-27)7-15-31(37)45-25-11-13-26(14-12-25)46-32(38)16-8-24-6-10-28(18-30(24)36)42-20-44-34(40)22(3)4/h5-10,15-18,25-26H,1,3,11-14,19-20H2,2,4H3/b15-7-,16-8-. The van der Waals surface area contributed by atoms with Gasteiger partial charge in [0.1, 0.15) is 35.3 Å². The van der Waals surface area contributed by atoms with Gasteiger partial charge in [-0.25, -0.2) is 28.0 Å². The molecule has 0 atom stereocenters. The number of benzene rings is 2. The molecule has 0 saturated heterocycles. The quantitative estimate of drug-likeness (QED) is 0.105. The van der Waals surface area contributed by atoms with Crippen molar-refractivity contribution in [1.82, 2.24) is 0 Å². The van der Waals surface area contributed by atoms with Crippen molar-refractivity contribution >= 4 is 36.0 Å². The topological polar surface area (TPSA) is 124 Å². The monoisotopic (exact) mass is 640 g/mol. The maximum absolute atomic E-state index is 14.4. The number of esters is 4. The first-order valence-electron chi connectivity index (χ1n) is 14.2. The second kappa shape index (κ2) is 17.3. The Hall–Kier alpha value is -5.26. The van der Waals surface area contributed by atoms with Crippen LogP contribution in [-0.2, 0) is 38.1 Å². The first kappa shape index (κ1) is 35.2. The molecule has 0 amide bonds. The van der Waals surface area contributed by atoms with Crippen molar-refractivity contribution in [1.29, 1.82) is 0 Å². The van der Waals surface area contributed by atoms with E-state index in [0.717, 1.165) is 24.3 Å². The normalized spacial score (nSPS) is 16.0. The predicted molar refractivity (Wildman–Crippen MR) is 162 cm³/mol. The summed E-state index contributed by atoms with van der Waals surface area (Å²) >= 11 is 0. The molecule has 46 heavy (non-hydrogen) atoms.